The van der Waals surface area contributed by atoms with Crippen molar-refractivity contribution in [2.45, 2.75) is 19.5 Å². The SMILES string of the molecule is COc1ccc(-c2noc(C3=C(C)N(Cc4ccco4)C(=S)NC3c3cccc(Cl)c3)n2)cc1. The molecule has 2 aromatic carbocycles. The number of hydrogen-bond acceptors (Lipinski definition) is 6. The zero-order valence-electron chi connectivity index (χ0n) is 18.5. The van der Waals surface area contributed by atoms with Crippen LogP contribution < -0.4 is 10.1 Å². The van der Waals surface area contributed by atoms with E-state index in [1.807, 2.05) is 72.5 Å². The third kappa shape index (κ3) is 4.30. The number of nitrogens with one attached hydrogen (secondary N) is 1. The number of aromatic nitrogens is 2. The van der Waals surface area contributed by atoms with Gasteiger partial charge in [-0.05, 0) is 73.2 Å². The second-order valence-electron chi connectivity index (χ2n) is 7.75. The molecule has 3 heterocycles. The normalized spacial score (nSPS) is 16.0. The van der Waals surface area contributed by atoms with E-state index < -0.39 is 0 Å². The first-order chi connectivity index (χ1) is 16.5. The van der Waals surface area contributed by atoms with Gasteiger partial charge in [-0.15, -0.1) is 0 Å². The predicted molar refractivity (Wildman–Crippen MR) is 133 cm³/mol. The first kappa shape index (κ1) is 22.2. The summed E-state index contributed by atoms with van der Waals surface area (Å²) in [4.78, 5) is 6.68. The van der Waals surface area contributed by atoms with Crippen LogP contribution in [0.25, 0.3) is 17.0 Å². The number of methoxy groups -OCH3 is 1. The van der Waals surface area contributed by atoms with Crippen molar-refractivity contribution in [1.82, 2.24) is 20.4 Å². The molecule has 2 aromatic heterocycles. The summed E-state index contributed by atoms with van der Waals surface area (Å²) in [6.07, 6.45) is 1.64. The van der Waals surface area contributed by atoms with E-state index in [0.29, 0.717) is 28.4 Å². The van der Waals surface area contributed by atoms with E-state index in [1.165, 1.54) is 0 Å². The topological polar surface area (TPSA) is 76.6 Å². The first-order valence-electron chi connectivity index (χ1n) is 10.6. The molecule has 34 heavy (non-hydrogen) atoms. The quantitative estimate of drug-likeness (QED) is 0.336. The van der Waals surface area contributed by atoms with Crippen LogP contribution in [0.3, 0.4) is 0 Å². The number of hydrogen-bond donors (Lipinski definition) is 1. The Labute approximate surface area is 207 Å². The number of allylic oxidation sites excluding steroid dienone is 1. The van der Waals surface area contributed by atoms with Gasteiger partial charge >= 0.3 is 0 Å². The Hall–Kier alpha value is -3.62. The minimum absolute atomic E-state index is 0.316. The van der Waals surface area contributed by atoms with Crippen LogP contribution in [0.2, 0.25) is 5.02 Å². The summed E-state index contributed by atoms with van der Waals surface area (Å²) < 4.78 is 16.6. The molecule has 0 saturated carbocycles. The lowest BCUT2D eigenvalue weighted by Crippen LogP contribution is -2.45. The molecule has 7 nitrogen and oxygen atoms in total. The van der Waals surface area contributed by atoms with Gasteiger partial charge in [0.2, 0.25) is 5.82 Å². The molecule has 0 fully saturated rings. The van der Waals surface area contributed by atoms with Gasteiger partial charge in [0, 0.05) is 16.3 Å². The van der Waals surface area contributed by atoms with Crippen LogP contribution in [0.1, 0.15) is 30.2 Å². The summed E-state index contributed by atoms with van der Waals surface area (Å²) in [6, 6.07) is 18.6. The molecule has 1 unspecified atom stereocenters. The highest BCUT2D eigenvalue weighted by Crippen LogP contribution is 2.38. The van der Waals surface area contributed by atoms with Gasteiger partial charge in [-0.25, -0.2) is 0 Å². The van der Waals surface area contributed by atoms with E-state index in [9.17, 15) is 0 Å². The minimum atomic E-state index is -0.316. The monoisotopic (exact) mass is 492 g/mol. The van der Waals surface area contributed by atoms with Crippen LogP contribution in [-0.4, -0.2) is 27.3 Å². The van der Waals surface area contributed by atoms with Crippen LogP contribution in [0.15, 0.2) is 81.6 Å². The highest BCUT2D eigenvalue weighted by atomic mass is 35.5. The summed E-state index contributed by atoms with van der Waals surface area (Å²) in [7, 11) is 1.63. The average Bonchev–Trinajstić information content (AvgIpc) is 3.54. The summed E-state index contributed by atoms with van der Waals surface area (Å²) in [5, 5.41) is 8.85. The van der Waals surface area contributed by atoms with Crippen molar-refractivity contribution in [3.8, 4) is 17.1 Å². The summed E-state index contributed by atoms with van der Waals surface area (Å²) in [5.74, 6) is 2.42. The lowest BCUT2D eigenvalue weighted by atomic mass is 9.95. The van der Waals surface area contributed by atoms with Crippen molar-refractivity contribution in [2.24, 2.45) is 0 Å². The molecule has 0 spiro atoms. The number of ether oxygens (including phenoxy) is 1. The molecule has 4 aromatic rings. The zero-order valence-corrected chi connectivity index (χ0v) is 20.1. The molecule has 0 amide bonds. The maximum absolute atomic E-state index is 6.30. The number of nitrogens with zero attached hydrogens (tertiary/aromatic N) is 3. The summed E-state index contributed by atoms with van der Waals surface area (Å²) in [6.45, 7) is 2.45. The lowest BCUT2D eigenvalue weighted by molar-refractivity contribution is 0.382. The van der Waals surface area contributed by atoms with E-state index in [2.05, 4.69) is 10.5 Å². The molecular weight excluding hydrogens is 472 g/mol. The highest BCUT2D eigenvalue weighted by molar-refractivity contribution is 7.80. The largest absolute Gasteiger partial charge is 0.497 e. The van der Waals surface area contributed by atoms with Gasteiger partial charge in [0.15, 0.2) is 5.11 Å². The van der Waals surface area contributed by atoms with E-state index in [-0.39, 0.29) is 6.04 Å². The molecule has 0 radical (unpaired) electrons. The van der Waals surface area contributed by atoms with Gasteiger partial charge in [0.1, 0.15) is 11.5 Å². The molecule has 9 heteroatoms. The van der Waals surface area contributed by atoms with Crippen molar-refractivity contribution >= 4 is 34.5 Å². The van der Waals surface area contributed by atoms with Crippen LogP contribution in [0, 0.1) is 0 Å². The van der Waals surface area contributed by atoms with Gasteiger partial charge < -0.3 is 23.9 Å². The van der Waals surface area contributed by atoms with Crippen LogP contribution in [0.5, 0.6) is 5.75 Å². The Morgan fingerprint density at radius 2 is 1.97 bits per heavy atom. The number of thiocarbonyl (C=S) groups is 1. The Bertz CT molecular complexity index is 1350. The first-order valence-corrected chi connectivity index (χ1v) is 11.4. The number of rotatable bonds is 6. The molecule has 1 N–H and O–H groups in total. The van der Waals surface area contributed by atoms with Crippen molar-refractivity contribution in [3.63, 3.8) is 0 Å². The van der Waals surface area contributed by atoms with E-state index in [1.54, 1.807) is 13.4 Å². The van der Waals surface area contributed by atoms with Gasteiger partial charge in [-0.3, -0.25) is 0 Å². The van der Waals surface area contributed by atoms with E-state index in [4.69, 9.17) is 42.5 Å². The fourth-order valence-corrected chi connectivity index (χ4v) is 4.45. The second-order valence-corrected chi connectivity index (χ2v) is 8.58. The molecule has 0 saturated heterocycles. The smallest absolute Gasteiger partial charge is 0.258 e. The van der Waals surface area contributed by atoms with Crippen molar-refractivity contribution < 1.29 is 13.7 Å². The van der Waals surface area contributed by atoms with Gasteiger partial charge in [-0.2, -0.15) is 4.98 Å². The maximum Gasteiger partial charge on any atom is 0.258 e. The molecule has 0 bridgehead atoms. The highest BCUT2D eigenvalue weighted by Gasteiger charge is 2.34. The van der Waals surface area contributed by atoms with Crippen molar-refractivity contribution in [1.29, 1.82) is 0 Å². The molecule has 0 aliphatic carbocycles. The molecule has 5 rings (SSSR count). The van der Waals surface area contributed by atoms with Gasteiger partial charge in [0.05, 0.1) is 31.5 Å². The van der Waals surface area contributed by atoms with E-state index >= 15 is 0 Å². The summed E-state index contributed by atoms with van der Waals surface area (Å²) >= 11 is 12.0. The molecule has 1 aliphatic rings. The van der Waals surface area contributed by atoms with Crippen LogP contribution in [0.4, 0.5) is 0 Å². The minimum Gasteiger partial charge on any atom is -0.497 e. The lowest BCUT2D eigenvalue weighted by Gasteiger charge is -2.37. The molecule has 172 valence electrons. The predicted octanol–water partition coefficient (Wildman–Crippen LogP) is 5.85. The van der Waals surface area contributed by atoms with E-state index in [0.717, 1.165) is 33.9 Å². The molecular formula is C25H21ClN4O3S. The maximum atomic E-state index is 6.30. The number of halogens is 1. The van der Waals surface area contributed by atoms with Gasteiger partial charge in [-0.1, -0.05) is 28.9 Å². The van der Waals surface area contributed by atoms with Crippen molar-refractivity contribution in [2.75, 3.05) is 7.11 Å². The van der Waals surface area contributed by atoms with Gasteiger partial charge in [0.25, 0.3) is 5.89 Å². The van der Waals surface area contributed by atoms with Crippen molar-refractivity contribution in [3.05, 3.63) is 94.9 Å². The third-order valence-electron chi connectivity index (χ3n) is 5.68. The zero-order chi connectivity index (χ0) is 23.7. The second kappa shape index (κ2) is 9.32. The fourth-order valence-electron chi connectivity index (χ4n) is 3.93. The summed E-state index contributed by atoms with van der Waals surface area (Å²) in [5.41, 5.74) is 3.45. The number of benzene rings is 2. The van der Waals surface area contributed by atoms with Crippen LogP contribution >= 0.6 is 23.8 Å². The average molecular weight is 493 g/mol. The number of furan rings is 1. The Morgan fingerprint density at radius 1 is 1.15 bits per heavy atom. The Kier molecular flexibility index (Phi) is 6.08. The molecule has 1 aliphatic heterocycles. The Balaban J connectivity index is 1.58. The third-order valence-corrected chi connectivity index (χ3v) is 6.25. The standard InChI is InChI=1S/C25H21ClN4O3S/c1-15-21(24-28-23(29-33-24)16-8-10-19(31-2)11-9-16)22(17-5-3-6-18(26)13-17)27-25(34)30(15)14-20-7-4-12-32-20/h3-13,22H,14H2,1-2H3,(H,27,34). The molecule has 1 atom stereocenters. The fraction of sp³-hybridized carbons (Fsp3) is 0.160. The van der Waals surface area contributed by atoms with Crippen LogP contribution in [-0.2, 0) is 6.54 Å². The Morgan fingerprint density at radius 3 is 2.68 bits per heavy atom.